The third kappa shape index (κ3) is 2.78. The minimum Gasteiger partial charge on any atom is -0.505 e. The van der Waals surface area contributed by atoms with Crippen LogP contribution in [0.15, 0.2) is 22.7 Å². The standard InChI is InChI=1S/C13H14FN3O3/c14-10-5-8(1-2-11(10)18)13-16-12(20-17-13)6-9-7-15-3-4-19-9/h1-2,5,9,15,18H,3-4,6-7H2. The van der Waals surface area contributed by atoms with Gasteiger partial charge in [0.25, 0.3) is 0 Å². The highest BCUT2D eigenvalue weighted by Gasteiger charge is 2.18. The monoisotopic (exact) mass is 279 g/mol. The number of ether oxygens (including phenoxy) is 1. The number of rotatable bonds is 3. The molecule has 1 saturated heterocycles. The molecule has 2 aromatic rings. The molecule has 0 bridgehead atoms. The Hall–Kier alpha value is -1.99. The van der Waals surface area contributed by atoms with Crippen LogP contribution in [-0.2, 0) is 11.2 Å². The molecule has 1 atom stereocenters. The quantitative estimate of drug-likeness (QED) is 0.876. The zero-order chi connectivity index (χ0) is 13.9. The summed E-state index contributed by atoms with van der Waals surface area (Å²) in [4.78, 5) is 4.21. The lowest BCUT2D eigenvalue weighted by molar-refractivity contribution is 0.0246. The summed E-state index contributed by atoms with van der Waals surface area (Å²) < 4.78 is 24.0. The maximum Gasteiger partial charge on any atom is 0.229 e. The molecule has 1 fully saturated rings. The number of aromatic hydroxyl groups is 1. The molecule has 1 aromatic heterocycles. The van der Waals surface area contributed by atoms with Gasteiger partial charge in [0.05, 0.1) is 19.1 Å². The number of halogens is 1. The minimum atomic E-state index is -0.714. The van der Waals surface area contributed by atoms with Gasteiger partial charge in [-0.05, 0) is 18.2 Å². The molecule has 0 amide bonds. The first kappa shape index (κ1) is 13.0. The van der Waals surface area contributed by atoms with E-state index in [0.717, 1.165) is 13.1 Å². The summed E-state index contributed by atoms with van der Waals surface area (Å²) in [5.41, 5.74) is 0.456. The predicted molar refractivity (Wildman–Crippen MR) is 67.7 cm³/mol. The van der Waals surface area contributed by atoms with E-state index in [2.05, 4.69) is 15.5 Å². The van der Waals surface area contributed by atoms with Gasteiger partial charge in [-0.2, -0.15) is 4.98 Å². The Kier molecular flexibility index (Phi) is 3.62. The van der Waals surface area contributed by atoms with Crippen LogP contribution in [0.4, 0.5) is 4.39 Å². The van der Waals surface area contributed by atoms with Gasteiger partial charge in [-0.1, -0.05) is 5.16 Å². The molecule has 1 aromatic carbocycles. The van der Waals surface area contributed by atoms with Crippen molar-refractivity contribution in [2.45, 2.75) is 12.5 Å². The van der Waals surface area contributed by atoms with Crippen LogP contribution >= 0.6 is 0 Å². The third-order valence-electron chi connectivity index (χ3n) is 3.08. The van der Waals surface area contributed by atoms with Crippen LogP contribution in [0.2, 0.25) is 0 Å². The Bertz CT molecular complexity index is 596. The summed E-state index contributed by atoms with van der Waals surface area (Å²) in [5.74, 6) is -0.377. The van der Waals surface area contributed by atoms with E-state index >= 15 is 0 Å². The van der Waals surface area contributed by atoms with Crippen LogP contribution in [-0.4, -0.2) is 41.0 Å². The first-order valence-electron chi connectivity index (χ1n) is 6.36. The van der Waals surface area contributed by atoms with E-state index in [1.54, 1.807) is 0 Å². The number of phenols is 1. The Balaban J connectivity index is 1.73. The lowest BCUT2D eigenvalue weighted by Gasteiger charge is -2.21. The largest absolute Gasteiger partial charge is 0.505 e. The number of nitrogens with one attached hydrogen (secondary N) is 1. The van der Waals surface area contributed by atoms with E-state index in [-0.39, 0.29) is 6.10 Å². The fourth-order valence-corrected chi connectivity index (χ4v) is 2.05. The molecule has 7 heteroatoms. The van der Waals surface area contributed by atoms with Crippen molar-refractivity contribution in [2.75, 3.05) is 19.7 Å². The lowest BCUT2D eigenvalue weighted by atomic mass is 10.2. The highest BCUT2D eigenvalue weighted by atomic mass is 19.1. The SMILES string of the molecule is Oc1ccc(-c2noc(CC3CNCCO3)n2)cc1F. The van der Waals surface area contributed by atoms with Gasteiger partial charge in [-0.15, -0.1) is 0 Å². The number of aromatic nitrogens is 2. The van der Waals surface area contributed by atoms with E-state index in [1.807, 2.05) is 0 Å². The summed E-state index contributed by atoms with van der Waals surface area (Å²) in [6, 6.07) is 3.96. The number of benzene rings is 1. The predicted octanol–water partition coefficient (Wildman–Crippen LogP) is 1.11. The molecule has 2 heterocycles. The smallest absolute Gasteiger partial charge is 0.229 e. The van der Waals surface area contributed by atoms with Crippen molar-refractivity contribution in [1.29, 1.82) is 0 Å². The minimum absolute atomic E-state index is 0.00797. The number of hydrogen-bond donors (Lipinski definition) is 2. The normalized spacial score (nSPS) is 19.1. The highest BCUT2D eigenvalue weighted by molar-refractivity contribution is 5.55. The van der Waals surface area contributed by atoms with Crippen molar-refractivity contribution in [3.63, 3.8) is 0 Å². The number of phenolic OH excluding ortho intramolecular Hbond substituents is 1. The Morgan fingerprint density at radius 3 is 3.10 bits per heavy atom. The molecule has 1 aliphatic heterocycles. The number of nitrogens with zero attached hydrogens (tertiary/aromatic N) is 2. The summed E-state index contributed by atoms with van der Waals surface area (Å²) >= 11 is 0. The van der Waals surface area contributed by atoms with Crippen molar-refractivity contribution in [3.8, 4) is 17.1 Å². The van der Waals surface area contributed by atoms with E-state index in [1.165, 1.54) is 18.2 Å². The fourth-order valence-electron chi connectivity index (χ4n) is 2.05. The molecule has 20 heavy (non-hydrogen) atoms. The second-order valence-electron chi connectivity index (χ2n) is 4.58. The van der Waals surface area contributed by atoms with Crippen molar-refractivity contribution in [1.82, 2.24) is 15.5 Å². The van der Waals surface area contributed by atoms with Gasteiger partial charge >= 0.3 is 0 Å². The van der Waals surface area contributed by atoms with Gasteiger partial charge < -0.3 is 19.7 Å². The van der Waals surface area contributed by atoms with Crippen LogP contribution < -0.4 is 5.32 Å². The zero-order valence-electron chi connectivity index (χ0n) is 10.7. The topological polar surface area (TPSA) is 80.4 Å². The van der Waals surface area contributed by atoms with Gasteiger partial charge in [0.1, 0.15) is 0 Å². The van der Waals surface area contributed by atoms with Crippen molar-refractivity contribution < 1.29 is 18.8 Å². The Morgan fingerprint density at radius 2 is 2.35 bits per heavy atom. The van der Waals surface area contributed by atoms with Crippen LogP contribution in [0.5, 0.6) is 5.75 Å². The molecule has 6 nitrogen and oxygen atoms in total. The van der Waals surface area contributed by atoms with Gasteiger partial charge in [-0.3, -0.25) is 0 Å². The summed E-state index contributed by atoms with van der Waals surface area (Å²) in [5, 5.41) is 16.2. The molecule has 1 unspecified atom stereocenters. The number of hydrogen-bond acceptors (Lipinski definition) is 6. The van der Waals surface area contributed by atoms with Gasteiger partial charge in [-0.25, -0.2) is 4.39 Å². The molecule has 2 N–H and O–H groups in total. The first-order valence-corrected chi connectivity index (χ1v) is 6.36. The first-order chi connectivity index (χ1) is 9.72. The second kappa shape index (κ2) is 5.56. The van der Waals surface area contributed by atoms with E-state index < -0.39 is 11.6 Å². The maximum atomic E-state index is 13.3. The van der Waals surface area contributed by atoms with Crippen LogP contribution in [0.1, 0.15) is 5.89 Å². The fraction of sp³-hybridized carbons (Fsp3) is 0.385. The Labute approximate surface area is 114 Å². The van der Waals surface area contributed by atoms with Crippen molar-refractivity contribution in [3.05, 3.63) is 29.9 Å². The average Bonchev–Trinajstić information content (AvgIpc) is 2.91. The number of morpholine rings is 1. The second-order valence-corrected chi connectivity index (χ2v) is 4.58. The van der Waals surface area contributed by atoms with Gasteiger partial charge in [0, 0.05) is 18.7 Å². The molecule has 106 valence electrons. The van der Waals surface area contributed by atoms with E-state index in [0.29, 0.717) is 30.3 Å². The van der Waals surface area contributed by atoms with Gasteiger partial charge in [0.15, 0.2) is 11.6 Å². The summed E-state index contributed by atoms with van der Waals surface area (Å²) in [7, 11) is 0. The van der Waals surface area contributed by atoms with E-state index in [4.69, 9.17) is 14.4 Å². The van der Waals surface area contributed by atoms with Crippen molar-refractivity contribution in [2.24, 2.45) is 0 Å². The van der Waals surface area contributed by atoms with Crippen molar-refractivity contribution >= 4 is 0 Å². The average molecular weight is 279 g/mol. The van der Waals surface area contributed by atoms with Gasteiger partial charge in [0.2, 0.25) is 11.7 Å². The van der Waals surface area contributed by atoms with Crippen LogP contribution in [0.25, 0.3) is 11.4 Å². The highest BCUT2D eigenvalue weighted by Crippen LogP contribution is 2.23. The molecule has 0 radical (unpaired) electrons. The summed E-state index contributed by atoms with van der Waals surface area (Å²) in [6.45, 7) is 2.25. The molecular formula is C13H14FN3O3. The Morgan fingerprint density at radius 1 is 1.45 bits per heavy atom. The van der Waals surface area contributed by atoms with Crippen LogP contribution in [0.3, 0.4) is 0 Å². The van der Waals surface area contributed by atoms with E-state index in [9.17, 15) is 4.39 Å². The van der Waals surface area contributed by atoms with Crippen LogP contribution in [0, 0.1) is 5.82 Å². The maximum absolute atomic E-state index is 13.3. The summed E-state index contributed by atoms with van der Waals surface area (Å²) in [6.07, 6.45) is 0.522. The molecule has 0 aliphatic carbocycles. The third-order valence-corrected chi connectivity index (χ3v) is 3.08. The zero-order valence-corrected chi connectivity index (χ0v) is 10.7. The molecule has 0 spiro atoms. The lowest BCUT2D eigenvalue weighted by Crippen LogP contribution is -2.39. The molecule has 3 rings (SSSR count). The molecular weight excluding hydrogens is 265 g/mol. The molecule has 0 saturated carbocycles. The molecule has 1 aliphatic rings.